The van der Waals surface area contributed by atoms with Crippen LogP contribution in [-0.4, -0.2) is 36.6 Å². The second kappa shape index (κ2) is 6.48. The van der Waals surface area contributed by atoms with E-state index in [0.717, 1.165) is 0 Å². The Balaban J connectivity index is 2.67. The zero-order valence-electron chi connectivity index (χ0n) is 9.59. The third kappa shape index (κ3) is 3.48. The first-order chi connectivity index (χ1) is 7.69. The molecule has 0 saturated heterocycles. The number of hydrogen-bond donors (Lipinski definition) is 2. The van der Waals surface area contributed by atoms with Crippen LogP contribution in [0.4, 0.5) is 0 Å². The van der Waals surface area contributed by atoms with Crippen LogP contribution in [0.1, 0.15) is 18.6 Å². The number of benzene rings is 1. The van der Waals surface area contributed by atoms with Crippen molar-refractivity contribution in [3.8, 4) is 5.75 Å². The van der Waals surface area contributed by atoms with Crippen molar-refractivity contribution in [2.24, 2.45) is 0 Å². The minimum atomic E-state index is -0.957. The molecular formula is C12H18O4. The zero-order chi connectivity index (χ0) is 12.0. The van der Waals surface area contributed by atoms with Gasteiger partial charge < -0.3 is 19.7 Å². The van der Waals surface area contributed by atoms with E-state index in [0.29, 0.717) is 17.9 Å². The number of ether oxygens (including phenoxy) is 2. The van der Waals surface area contributed by atoms with E-state index in [4.69, 9.17) is 9.47 Å². The largest absolute Gasteiger partial charge is 0.497 e. The third-order valence-corrected chi connectivity index (χ3v) is 2.29. The summed E-state index contributed by atoms with van der Waals surface area (Å²) in [5.41, 5.74) is 0.617. The normalized spacial score (nSPS) is 14.5. The molecule has 4 nitrogen and oxygen atoms in total. The maximum Gasteiger partial charge on any atom is 0.119 e. The summed E-state index contributed by atoms with van der Waals surface area (Å²) in [6, 6.07) is 6.98. The van der Waals surface area contributed by atoms with Gasteiger partial charge in [-0.1, -0.05) is 12.1 Å². The lowest BCUT2D eigenvalue weighted by atomic mass is 10.0. The first kappa shape index (κ1) is 13.0. The van der Waals surface area contributed by atoms with Gasteiger partial charge in [0.15, 0.2) is 0 Å². The smallest absolute Gasteiger partial charge is 0.119 e. The molecular weight excluding hydrogens is 208 g/mol. The van der Waals surface area contributed by atoms with E-state index < -0.39 is 12.2 Å². The van der Waals surface area contributed by atoms with Crippen molar-refractivity contribution >= 4 is 0 Å². The van der Waals surface area contributed by atoms with Crippen molar-refractivity contribution in [2.45, 2.75) is 19.1 Å². The van der Waals surface area contributed by atoms with Gasteiger partial charge in [0.25, 0.3) is 0 Å². The van der Waals surface area contributed by atoms with Gasteiger partial charge in [-0.05, 0) is 24.6 Å². The van der Waals surface area contributed by atoms with Gasteiger partial charge in [-0.15, -0.1) is 0 Å². The molecule has 0 aliphatic heterocycles. The minimum Gasteiger partial charge on any atom is -0.497 e. The summed E-state index contributed by atoms with van der Waals surface area (Å²) in [7, 11) is 1.56. The summed E-state index contributed by atoms with van der Waals surface area (Å²) < 4.78 is 10.1. The second-order valence-corrected chi connectivity index (χ2v) is 3.45. The molecule has 0 aliphatic carbocycles. The lowest BCUT2D eigenvalue weighted by Crippen LogP contribution is -2.24. The number of methoxy groups -OCH3 is 1. The van der Waals surface area contributed by atoms with E-state index in [1.807, 2.05) is 6.92 Å². The Bertz CT molecular complexity index is 314. The predicted molar refractivity (Wildman–Crippen MR) is 60.5 cm³/mol. The predicted octanol–water partition coefficient (Wildman–Crippen LogP) is 1.13. The Labute approximate surface area is 95.4 Å². The number of hydrogen-bond acceptors (Lipinski definition) is 4. The van der Waals surface area contributed by atoms with Crippen LogP contribution < -0.4 is 4.74 Å². The van der Waals surface area contributed by atoms with Crippen molar-refractivity contribution in [3.05, 3.63) is 29.8 Å². The zero-order valence-corrected chi connectivity index (χ0v) is 9.59. The van der Waals surface area contributed by atoms with Gasteiger partial charge in [-0.3, -0.25) is 0 Å². The van der Waals surface area contributed by atoms with Crippen LogP contribution in [0.25, 0.3) is 0 Å². The van der Waals surface area contributed by atoms with Crippen molar-refractivity contribution in [1.82, 2.24) is 0 Å². The van der Waals surface area contributed by atoms with Crippen molar-refractivity contribution in [2.75, 3.05) is 20.3 Å². The molecule has 0 fully saturated rings. The Morgan fingerprint density at radius 2 is 2.06 bits per heavy atom. The lowest BCUT2D eigenvalue weighted by Gasteiger charge is -2.18. The van der Waals surface area contributed by atoms with Gasteiger partial charge >= 0.3 is 0 Å². The molecule has 0 amide bonds. The van der Waals surface area contributed by atoms with E-state index in [2.05, 4.69) is 0 Å². The van der Waals surface area contributed by atoms with Crippen molar-refractivity contribution in [3.63, 3.8) is 0 Å². The molecule has 0 bridgehead atoms. The molecule has 0 radical (unpaired) electrons. The summed E-state index contributed by atoms with van der Waals surface area (Å²) in [5, 5.41) is 19.5. The highest BCUT2D eigenvalue weighted by atomic mass is 16.5. The summed E-state index contributed by atoms with van der Waals surface area (Å²) in [4.78, 5) is 0. The molecule has 1 aromatic rings. The minimum absolute atomic E-state index is 0.120. The fourth-order valence-electron chi connectivity index (χ4n) is 1.38. The van der Waals surface area contributed by atoms with E-state index in [9.17, 15) is 10.2 Å². The average Bonchev–Trinajstić information content (AvgIpc) is 2.35. The van der Waals surface area contributed by atoms with Crippen molar-refractivity contribution in [1.29, 1.82) is 0 Å². The van der Waals surface area contributed by atoms with E-state index in [1.54, 1.807) is 31.4 Å². The number of rotatable bonds is 6. The SMILES string of the molecule is CCOCC(O)C(O)c1cccc(OC)c1. The molecule has 0 aromatic heterocycles. The fraction of sp³-hybridized carbons (Fsp3) is 0.500. The standard InChI is InChI=1S/C12H18O4/c1-3-16-8-11(13)12(14)9-5-4-6-10(7-9)15-2/h4-7,11-14H,3,8H2,1-2H3. The molecule has 90 valence electrons. The molecule has 1 rings (SSSR count). The molecule has 4 heteroatoms. The lowest BCUT2D eigenvalue weighted by molar-refractivity contribution is -0.0367. The summed E-state index contributed by atoms with van der Waals surface area (Å²) >= 11 is 0. The topological polar surface area (TPSA) is 58.9 Å². The van der Waals surface area contributed by atoms with Crippen LogP contribution >= 0.6 is 0 Å². The fourth-order valence-corrected chi connectivity index (χ4v) is 1.38. The Hall–Kier alpha value is -1.10. The van der Waals surface area contributed by atoms with Gasteiger partial charge in [0.05, 0.1) is 13.7 Å². The quantitative estimate of drug-likeness (QED) is 0.763. The number of aliphatic hydroxyl groups excluding tert-OH is 2. The van der Waals surface area contributed by atoms with E-state index in [1.165, 1.54) is 0 Å². The Kier molecular flexibility index (Phi) is 5.25. The molecule has 1 aromatic carbocycles. The Morgan fingerprint density at radius 1 is 1.31 bits per heavy atom. The molecule has 16 heavy (non-hydrogen) atoms. The van der Waals surface area contributed by atoms with E-state index in [-0.39, 0.29) is 6.61 Å². The maximum absolute atomic E-state index is 9.85. The van der Waals surface area contributed by atoms with Crippen LogP contribution in [0.3, 0.4) is 0 Å². The molecule has 0 saturated carbocycles. The van der Waals surface area contributed by atoms with Gasteiger partial charge in [0, 0.05) is 6.61 Å². The average molecular weight is 226 g/mol. The summed E-state index contributed by atoms with van der Waals surface area (Å²) in [6.45, 7) is 2.47. The molecule has 0 heterocycles. The van der Waals surface area contributed by atoms with Crippen LogP contribution in [0.15, 0.2) is 24.3 Å². The Morgan fingerprint density at radius 3 is 2.69 bits per heavy atom. The van der Waals surface area contributed by atoms with Crippen LogP contribution in [0, 0.1) is 0 Å². The van der Waals surface area contributed by atoms with Crippen LogP contribution in [0.5, 0.6) is 5.75 Å². The third-order valence-electron chi connectivity index (χ3n) is 2.29. The van der Waals surface area contributed by atoms with Gasteiger partial charge in [0.1, 0.15) is 18.0 Å². The number of aliphatic hydroxyl groups is 2. The van der Waals surface area contributed by atoms with Gasteiger partial charge in [-0.2, -0.15) is 0 Å². The second-order valence-electron chi connectivity index (χ2n) is 3.45. The van der Waals surface area contributed by atoms with Gasteiger partial charge in [0.2, 0.25) is 0 Å². The molecule has 2 N–H and O–H groups in total. The van der Waals surface area contributed by atoms with Gasteiger partial charge in [-0.25, -0.2) is 0 Å². The first-order valence-electron chi connectivity index (χ1n) is 5.26. The highest BCUT2D eigenvalue weighted by Crippen LogP contribution is 2.21. The summed E-state index contributed by atoms with van der Waals surface area (Å²) in [6.07, 6.45) is -1.88. The van der Waals surface area contributed by atoms with E-state index >= 15 is 0 Å². The van der Waals surface area contributed by atoms with Crippen LogP contribution in [-0.2, 0) is 4.74 Å². The molecule has 0 aliphatic rings. The molecule has 2 atom stereocenters. The monoisotopic (exact) mass is 226 g/mol. The molecule has 2 unspecified atom stereocenters. The highest BCUT2D eigenvalue weighted by molar-refractivity contribution is 5.30. The maximum atomic E-state index is 9.85. The first-order valence-corrected chi connectivity index (χ1v) is 5.26. The van der Waals surface area contributed by atoms with Crippen molar-refractivity contribution < 1.29 is 19.7 Å². The summed E-state index contributed by atoms with van der Waals surface area (Å²) in [5.74, 6) is 0.653. The van der Waals surface area contributed by atoms with Crippen LogP contribution in [0.2, 0.25) is 0 Å². The highest BCUT2D eigenvalue weighted by Gasteiger charge is 2.18. The molecule has 0 spiro atoms.